The van der Waals surface area contributed by atoms with Gasteiger partial charge in [-0.2, -0.15) is 11.3 Å². The van der Waals surface area contributed by atoms with Gasteiger partial charge < -0.3 is 30.5 Å². The molecule has 3 aromatic carbocycles. The van der Waals surface area contributed by atoms with Crippen LogP contribution in [0.4, 0.5) is 27.5 Å². The van der Waals surface area contributed by atoms with Gasteiger partial charge in [-0.15, -0.1) is 0 Å². The number of aromatic hydroxyl groups is 1. The number of hydrogen-bond acceptors (Lipinski definition) is 7. The van der Waals surface area contributed by atoms with Gasteiger partial charge in [0.2, 0.25) is 0 Å². The van der Waals surface area contributed by atoms with Crippen LogP contribution in [0.15, 0.2) is 88.5 Å². The Kier molecular flexibility index (Phi) is 7.72. The second kappa shape index (κ2) is 11.9. The van der Waals surface area contributed by atoms with Gasteiger partial charge in [-0.25, -0.2) is 4.79 Å². The number of aromatic nitrogens is 1. The van der Waals surface area contributed by atoms with Crippen molar-refractivity contribution in [3.63, 3.8) is 0 Å². The highest BCUT2D eigenvalue weighted by molar-refractivity contribution is 7.08. The fourth-order valence-corrected chi connectivity index (χ4v) is 5.55. The average molecular weight is 579 g/mol. The molecule has 6 rings (SSSR count). The van der Waals surface area contributed by atoms with Crippen LogP contribution in [0.25, 0.3) is 10.9 Å². The van der Waals surface area contributed by atoms with Crippen LogP contribution in [0.2, 0.25) is 0 Å². The van der Waals surface area contributed by atoms with E-state index in [1.807, 2.05) is 29.0 Å². The molecule has 0 aliphatic carbocycles. The number of urea groups is 1. The van der Waals surface area contributed by atoms with Gasteiger partial charge in [0.25, 0.3) is 0 Å². The molecule has 1 aliphatic heterocycles. The van der Waals surface area contributed by atoms with Gasteiger partial charge >= 0.3 is 6.03 Å². The lowest BCUT2D eigenvalue weighted by Gasteiger charge is -2.34. The quantitative estimate of drug-likeness (QED) is 0.134. The number of likely N-dealkylation sites (N-methyl/N-ethyl adjacent to an activating group) is 1. The number of hydrogen-bond donors (Lipinski definition) is 4. The molecule has 0 radical (unpaired) electrons. The summed E-state index contributed by atoms with van der Waals surface area (Å²) in [7, 11) is 2.14. The predicted molar refractivity (Wildman–Crippen MR) is 170 cm³/mol. The summed E-state index contributed by atoms with van der Waals surface area (Å²) in [4.78, 5) is 37.8. The summed E-state index contributed by atoms with van der Waals surface area (Å²) >= 11 is 1.49. The molecule has 0 unspecified atom stereocenters. The van der Waals surface area contributed by atoms with Gasteiger partial charge in [0.05, 0.1) is 16.9 Å². The fourth-order valence-electron chi connectivity index (χ4n) is 4.96. The molecule has 0 spiro atoms. The summed E-state index contributed by atoms with van der Waals surface area (Å²) in [5.74, 6) is -0.223. The van der Waals surface area contributed by atoms with Crippen LogP contribution in [0.3, 0.4) is 0 Å². The number of thiophene rings is 1. The highest BCUT2D eigenvalue weighted by atomic mass is 32.1. The van der Waals surface area contributed by atoms with Crippen molar-refractivity contribution in [3.05, 3.63) is 100 Å². The Bertz CT molecular complexity index is 1750. The molecule has 3 heterocycles. The number of H-pyrrole nitrogens is 1. The number of aromatic amines is 1. The molecule has 4 N–H and O–H groups in total. The molecule has 1 saturated heterocycles. The van der Waals surface area contributed by atoms with Crippen molar-refractivity contribution in [3.8, 4) is 5.88 Å². The zero-order valence-corrected chi connectivity index (χ0v) is 23.8. The molecule has 1 fully saturated rings. The van der Waals surface area contributed by atoms with Crippen molar-refractivity contribution >= 4 is 63.0 Å². The largest absolute Gasteiger partial charge is 0.494 e. The number of piperazine rings is 1. The Hall–Kier alpha value is -4.93. The molecule has 0 bridgehead atoms. The summed E-state index contributed by atoms with van der Waals surface area (Å²) in [5.41, 5.74) is 5.22. The predicted octanol–water partition coefficient (Wildman–Crippen LogP) is 6.31. The molecule has 1 aliphatic rings. The van der Waals surface area contributed by atoms with Crippen LogP contribution >= 0.6 is 11.3 Å². The zero-order valence-electron chi connectivity index (χ0n) is 23.0. The normalized spacial score (nSPS) is 14.0. The monoisotopic (exact) mass is 578 g/mol. The molecular formula is C32H30N6O3S. The first-order valence-corrected chi connectivity index (χ1v) is 14.5. The van der Waals surface area contributed by atoms with Gasteiger partial charge in [0, 0.05) is 71.2 Å². The van der Waals surface area contributed by atoms with Crippen LogP contribution in [-0.4, -0.2) is 66.2 Å². The van der Waals surface area contributed by atoms with Gasteiger partial charge in [0.1, 0.15) is 0 Å². The van der Waals surface area contributed by atoms with Gasteiger partial charge in [-0.3, -0.25) is 9.79 Å². The van der Waals surface area contributed by atoms with Crippen LogP contribution in [0.5, 0.6) is 5.88 Å². The number of carbonyl (C=O) groups excluding carboxylic acids is 2. The van der Waals surface area contributed by atoms with E-state index in [0.717, 1.165) is 37.3 Å². The van der Waals surface area contributed by atoms with E-state index in [1.54, 1.807) is 48.7 Å². The fraction of sp³-hybridized carbons (Fsp3) is 0.156. The number of aliphatic imine (C=N–C) groups is 1. The number of amides is 2. The second-order valence-corrected chi connectivity index (χ2v) is 11.0. The van der Waals surface area contributed by atoms with E-state index in [4.69, 9.17) is 0 Å². The minimum absolute atomic E-state index is 0.0183. The van der Waals surface area contributed by atoms with Gasteiger partial charge in [0.15, 0.2) is 11.7 Å². The van der Waals surface area contributed by atoms with E-state index in [0.29, 0.717) is 33.6 Å². The molecule has 212 valence electrons. The first-order valence-electron chi connectivity index (χ1n) is 13.6. The minimum Gasteiger partial charge on any atom is -0.494 e. The number of nitrogens with one attached hydrogen (secondary N) is 3. The van der Waals surface area contributed by atoms with Crippen molar-refractivity contribution in [1.82, 2.24) is 9.88 Å². The Labute approximate surface area is 247 Å². The number of benzene rings is 3. The third kappa shape index (κ3) is 6.04. The Morgan fingerprint density at radius 2 is 1.69 bits per heavy atom. The molecule has 0 atom stereocenters. The average Bonchev–Trinajstić information content (AvgIpc) is 3.62. The van der Waals surface area contributed by atoms with Crippen LogP contribution in [-0.2, 0) is 0 Å². The van der Waals surface area contributed by atoms with Crippen LogP contribution in [0.1, 0.15) is 21.5 Å². The third-order valence-corrected chi connectivity index (χ3v) is 7.99. The molecular weight excluding hydrogens is 548 g/mol. The molecule has 42 heavy (non-hydrogen) atoms. The van der Waals surface area contributed by atoms with E-state index in [-0.39, 0.29) is 17.7 Å². The molecule has 2 aromatic heterocycles. The molecule has 9 nitrogen and oxygen atoms in total. The third-order valence-electron chi connectivity index (χ3n) is 7.30. The summed E-state index contributed by atoms with van der Waals surface area (Å²) in [6.07, 6.45) is 1.64. The van der Waals surface area contributed by atoms with Crippen LogP contribution in [0, 0.1) is 0 Å². The number of carbonyl (C=O) groups is 2. The van der Waals surface area contributed by atoms with Crippen molar-refractivity contribution in [2.24, 2.45) is 4.99 Å². The SMILES string of the molecule is CN1CCN(c2ccc(N=Cc3c(O)[nH]c4cc(C(=O)c5cccc(NC(=O)Nc6ccsc6)c5)ccc34)cc2)CC1. The van der Waals surface area contributed by atoms with Crippen LogP contribution < -0.4 is 15.5 Å². The van der Waals surface area contributed by atoms with E-state index >= 15 is 0 Å². The summed E-state index contributed by atoms with van der Waals surface area (Å²) in [6, 6.07) is 21.5. The maximum absolute atomic E-state index is 13.3. The van der Waals surface area contributed by atoms with E-state index < -0.39 is 0 Å². The smallest absolute Gasteiger partial charge is 0.323 e. The molecule has 2 amide bonds. The number of ketones is 1. The van der Waals surface area contributed by atoms with E-state index in [9.17, 15) is 14.7 Å². The molecule has 5 aromatic rings. The van der Waals surface area contributed by atoms with Crippen molar-refractivity contribution in [1.29, 1.82) is 0 Å². The zero-order chi connectivity index (χ0) is 29.1. The first kappa shape index (κ1) is 27.3. The number of rotatable bonds is 7. The highest BCUT2D eigenvalue weighted by Crippen LogP contribution is 2.29. The highest BCUT2D eigenvalue weighted by Gasteiger charge is 2.16. The Morgan fingerprint density at radius 1 is 0.929 bits per heavy atom. The lowest BCUT2D eigenvalue weighted by atomic mass is 10.0. The number of fused-ring (bicyclic) bond motifs is 1. The number of anilines is 3. The standard InChI is InChI=1S/C32H30N6O3S/c1-37-12-14-38(15-13-37)26-8-6-23(7-9-26)33-19-28-27-10-5-22(18-29(27)36-31(28)40)30(39)21-3-2-4-24(17-21)34-32(41)35-25-11-16-42-20-25/h2-11,16-20,36,40H,12-15H2,1H3,(H2,34,35,41). The first-order chi connectivity index (χ1) is 20.4. The number of nitrogens with zero attached hydrogens (tertiary/aromatic N) is 3. The molecule has 0 saturated carbocycles. The maximum atomic E-state index is 13.3. The van der Waals surface area contributed by atoms with Crippen molar-refractivity contribution in [2.75, 3.05) is 48.8 Å². The van der Waals surface area contributed by atoms with Gasteiger partial charge in [-0.05, 0) is 61.0 Å². The summed E-state index contributed by atoms with van der Waals surface area (Å²) in [5, 5.41) is 20.6. The summed E-state index contributed by atoms with van der Waals surface area (Å²) < 4.78 is 0. The Morgan fingerprint density at radius 3 is 2.45 bits per heavy atom. The van der Waals surface area contributed by atoms with Crippen molar-refractivity contribution in [2.45, 2.75) is 0 Å². The maximum Gasteiger partial charge on any atom is 0.323 e. The Balaban J connectivity index is 1.15. The second-order valence-electron chi connectivity index (χ2n) is 10.2. The lowest BCUT2D eigenvalue weighted by molar-refractivity contribution is 0.103. The molecule has 10 heteroatoms. The minimum atomic E-state index is -0.388. The topological polar surface area (TPSA) is 113 Å². The lowest BCUT2D eigenvalue weighted by Crippen LogP contribution is -2.44. The van der Waals surface area contributed by atoms with Crippen molar-refractivity contribution < 1.29 is 14.7 Å². The van der Waals surface area contributed by atoms with E-state index in [2.05, 4.69) is 49.6 Å². The summed E-state index contributed by atoms with van der Waals surface area (Å²) in [6.45, 7) is 4.10. The van der Waals surface area contributed by atoms with E-state index in [1.165, 1.54) is 17.0 Å². The van der Waals surface area contributed by atoms with Gasteiger partial charge in [-0.1, -0.05) is 24.3 Å².